The summed E-state index contributed by atoms with van der Waals surface area (Å²) >= 11 is 0. The van der Waals surface area contributed by atoms with Crippen molar-refractivity contribution in [2.45, 2.75) is 26.3 Å². The Kier molecular flexibility index (Phi) is 4.20. The maximum absolute atomic E-state index is 4.48. The van der Waals surface area contributed by atoms with Crippen molar-refractivity contribution in [2.75, 3.05) is 31.5 Å². The van der Waals surface area contributed by atoms with Crippen LogP contribution in [0, 0.1) is 6.92 Å². The van der Waals surface area contributed by atoms with Gasteiger partial charge in [-0.15, -0.1) is 6.58 Å². The van der Waals surface area contributed by atoms with Crippen LogP contribution in [0.4, 0.5) is 5.95 Å². The molecule has 0 amide bonds. The number of anilines is 1. The lowest BCUT2D eigenvalue weighted by Crippen LogP contribution is -2.24. The lowest BCUT2D eigenvalue weighted by molar-refractivity contribution is 0.323. The Hall–Kier alpha value is -1.29. The van der Waals surface area contributed by atoms with Gasteiger partial charge >= 0.3 is 0 Å². The van der Waals surface area contributed by atoms with Gasteiger partial charge < -0.3 is 14.8 Å². The van der Waals surface area contributed by atoms with E-state index in [4.69, 9.17) is 0 Å². The van der Waals surface area contributed by atoms with Crippen LogP contribution in [-0.2, 0) is 6.54 Å². The first-order chi connectivity index (χ1) is 8.29. The van der Waals surface area contributed by atoms with Crippen molar-refractivity contribution in [1.82, 2.24) is 14.5 Å². The SMILES string of the molecule is C=CCNc1nc(C)cn1CCN1CCCC1. The van der Waals surface area contributed by atoms with Crippen molar-refractivity contribution in [1.29, 1.82) is 0 Å². The zero-order valence-electron chi connectivity index (χ0n) is 10.7. The first kappa shape index (κ1) is 12.2. The number of imidazole rings is 1. The first-order valence-corrected chi connectivity index (χ1v) is 6.40. The second-order valence-electron chi connectivity index (χ2n) is 4.62. The lowest BCUT2D eigenvalue weighted by Gasteiger charge is -2.16. The van der Waals surface area contributed by atoms with Gasteiger partial charge in [-0.05, 0) is 32.9 Å². The first-order valence-electron chi connectivity index (χ1n) is 6.40. The summed E-state index contributed by atoms with van der Waals surface area (Å²) in [6.45, 7) is 11.2. The largest absolute Gasteiger partial charge is 0.352 e. The summed E-state index contributed by atoms with van der Waals surface area (Å²) in [6.07, 6.45) is 6.67. The number of rotatable bonds is 6. The van der Waals surface area contributed by atoms with E-state index in [1.165, 1.54) is 25.9 Å². The highest BCUT2D eigenvalue weighted by atomic mass is 15.2. The molecule has 1 aliphatic heterocycles. The molecule has 0 bridgehead atoms. The third kappa shape index (κ3) is 3.33. The van der Waals surface area contributed by atoms with Crippen LogP contribution in [0.15, 0.2) is 18.9 Å². The van der Waals surface area contributed by atoms with Crippen molar-refractivity contribution >= 4 is 5.95 Å². The predicted molar refractivity (Wildman–Crippen MR) is 71.3 cm³/mol. The number of hydrogen-bond donors (Lipinski definition) is 1. The molecule has 0 aromatic carbocycles. The molecule has 1 fully saturated rings. The third-order valence-electron chi connectivity index (χ3n) is 3.16. The highest BCUT2D eigenvalue weighted by Gasteiger charge is 2.12. The van der Waals surface area contributed by atoms with Gasteiger partial charge in [-0.2, -0.15) is 0 Å². The van der Waals surface area contributed by atoms with E-state index in [2.05, 4.69) is 32.5 Å². The topological polar surface area (TPSA) is 33.1 Å². The monoisotopic (exact) mass is 234 g/mol. The van der Waals surface area contributed by atoms with Gasteiger partial charge in [0.1, 0.15) is 0 Å². The molecule has 0 unspecified atom stereocenters. The minimum Gasteiger partial charge on any atom is -0.352 e. The predicted octanol–water partition coefficient (Wildman–Crippen LogP) is 1.89. The Labute approximate surface area is 103 Å². The Morgan fingerprint density at radius 3 is 2.88 bits per heavy atom. The van der Waals surface area contributed by atoms with Crippen LogP contribution in [0.3, 0.4) is 0 Å². The number of nitrogens with zero attached hydrogens (tertiary/aromatic N) is 3. The maximum Gasteiger partial charge on any atom is 0.203 e. The standard InChI is InChI=1S/C13H22N4/c1-3-6-14-13-15-12(2)11-17(13)10-9-16-7-4-5-8-16/h3,11H,1,4-10H2,2H3,(H,14,15). The zero-order valence-corrected chi connectivity index (χ0v) is 10.7. The molecule has 4 nitrogen and oxygen atoms in total. The lowest BCUT2D eigenvalue weighted by atomic mass is 10.4. The minimum absolute atomic E-state index is 0.764. The number of nitrogens with one attached hydrogen (secondary N) is 1. The third-order valence-corrected chi connectivity index (χ3v) is 3.16. The fraction of sp³-hybridized carbons (Fsp3) is 0.615. The summed E-state index contributed by atoms with van der Waals surface area (Å²) in [5.41, 5.74) is 1.07. The molecular weight excluding hydrogens is 212 g/mol. The van der Waals surface area contributed by atoms with Crippen LogP contribution in [0.1, 0.15) is 18.5 Å². The highest BCUT2D eigenvalue weighted by Crippen LogP contribution is 2.11. The smallest absolute Gasteiger partial charge is 0.203 e. The van der Waals surface area contributed by atoms with Gasteiger partial charge in [0.25, 0.3) is 0 Å². The van der Waals surface area contributed by atoms with E-state index in [1.807, 2.05) is 13.0 Å². The Morgan fingerprint density at radius 2 is 2.18 bits per heavy atom. The van der Waals surface area contributed by atoms with Gasteiger partial charge in [0.15, 0.2) is 0 Å². The normalized spacial score (nSPS) is 16.3. The molecule has 0 atom stereocenters. The van der Waals surface area contributed by atoms with E-state index >= 15 is 0 Å². The zero-order chi connectivity index (χ0) is 12.1. The number of aryl methyl sites for hydroxylation is 1. The summed E-state index contributed by atoms with van der Waals surface area (Å²) < 4.78 is 2.21. The highest BCUT2D eigenvalue weighted by molar-refractivity contribution is 5.29. The maximum atomic E-state index is 4.48. The van der Waals surface area contributed by atoms with Gasteiger partial charge in [-0.1, -0.05) is 6.08 Å². The Morgan fingerprint density at radius 1 is 1.41 bits per heavy atom. The molecule has 1 aromatic rings. The fourth-order valence-corrected chi connectivity index (χ4v) is 2.28. The molecule has 1 saturated heterocycles. The van der Waals surface area contributed by atoms with Gasteiger partial charge in [0.2, 0.25) is 5.95 Å². The Balaban J connectivity index is 1.91. The number of hydrogen-bond acceptors (Lipinski definition) is 3. The van der Waals surface area contributed by atoms with Gasteiger partial charge in [0, 0.05) is 25.8 Å². The molecular formula is C13H22N4. The molecule has 4 heteroatoms. The molecule has 1 N–H and O–H groups in total. The van der Waals surface area contributed by atoms with Crippen LogP contribution < -0.4 is 5.32 Å². The van der Waals surface area contributed by atoms with Crippen LogP contribution in [0.5, 0.6) is 0 Å². The minimum atomic E-state index is 0.764. The van der Waals surface area contributed by atoms with Crippen molar-refractivity contribution in [3.8, 4) is 0 Å². The summed E-state index contributed by atoms with van der Waals surface area (Å²) in [5, 5.41) is 3.27. The van der Waals surface area contributed by atoms with Crippen LogP contribution in [-0.4, -0.2) is 40.6 Å². The van der Waals surface area contributed by atoms with Crippen molar-refractivity contribution < 1.29 is 0 Å². The van der Waals surface area contributed by atoms with Crippen molar-refractivity contribution in [3.05, 3.63) is 24.5 Å². The molecule has 0 radical (unpaired) electrons. The van der Waals surface area contributed by atoms with Crippen molar-refractivity contribution in [3.63, 3.8) is 0 Å². The van der Waals surface area contributed by atoms with Crippen LogP contribution in [0.25, 0.3) is 0 Å². The van der Waals surface area contributed by atoms with Crippen LogP contribution in [0.2, 0.25) is 0 Å². The average Bonchev–Trinajstić information content (AvgIpc) is 2.93. The van der Waals surface area contributed by atoms with Gasteiger partial charge in [0.05, 0.1) is 5.69 Å². The summed E-state index contributed by atoms with van der Waals surface area (Å²) in [4.78, 5) is 7.00. The van der Waals surface area contributed by atoms with Crippen LogP contribution >= 0.6 is 0 Å². The molecule has 2 heterocycles. The second kappa shape index (κ2) is 5.87. The van der Waals surface area contributed by atoms with Gasteiger partial charge in [-0.25, -0.2) is 4.98 Å². The van der Waals surface area contributed by atoms with Gasteiger partial charge in [-0.3, -0.25) is 0 Å². The van der Waals surface area contributed by atoms with Crippen molar-refractivity contribution in [2.24, 2.45) is 0 Å². The molecule has 0 aliphatic carbocycles. The summed E-state index contributed by atoms with van der Waals surface area (Å²) in [6, 6.07) is 0. The average molecular weight is 234 g/mol. The Bertz CT molecular complexity index is 363. The fourth-order valence-electron chi connectivity index (χ4n) is 2.28. The molecule has 0 saturated carbocycles. The molecule has 1 aliphatic rings. The quantitative estimate of drug-likeness (QED) is 0.763. The molecule has 1 aromatic heterocycles. The number of aromatic nitrogens is 2. The molecule has 0 spiro atoms. The molecule has 2 rings (SSSR count). The van der Waals surface area contributed by atoms with E-state index in [1.54, 1.807) is 0 Å². The van der Waals surface area contributed by atoms with E-state index in [0.717, 1.165) is 31.3 Å². The number of likely N-dealkylation sites (tertiary alicyclic amines) is 1. The summed E-state index contributed by atoms with van der Waals surface area (Å²) in [5.74, 6) is 0.960. The van der Waals surface area contributed by atoms with E-state index < -0.39 is 0 Å². The summed E-state index contributed by atoms with van der Waals surface area (Å²) in [7, 11) is 0. The molecule has 94 valence electrons. The second-order valence-corrected chi connectivity index (χ2v) is 4.62. The van der Waals surface area contributed by atoms with E-state index in [0.29, 0.717) is 0 Å². The molecule has 17 heavy (non-hydrogen) atoms. The van der Waals surface area contributed by atoms with E-state index in [-0.39, 0.29) is 0 Å². The van der Waals surface area contributed by atoms with E-state index in [9.17, 15) is 0 Å².